The van der Waals surface area contributed by atoms with Gasteiger partial charge in [-0.05, 0) is 38.7 Å². The van der Waals surface area contributed by atoms with Crippen LogP contribution in [0.25, 0.3) is 0 Å². The van der Waals surface area contributed by atoms with Crippen LogP contribution in [0.15, 0.2) is 12.3 Å². The van der Waals surface area contributed by atoms with Crippen molar-refractivity contribution >= 4 is 15.6 Å². The minimum absolute atomic E-state index is 0.101. The Labute approximate surface area is 112 Å². The van der Waals surface area contributed by atoms with Gasteiger partial charge in [0.1, 0.15) is 0 Å². The summed E-state index contributed by atoms with van der Waals surface area (Å²) in [4.78, 5) is 20.5. The van der Waals surface area contributed by atoms with Gasteiger partial charge in [-0.15, -0.1) is 0 Å². The van der Waals surface area contributed by atoms with Gasteiger partial charge in [0, 0.05) is 17.8 Å². The Morgan fingerprint density at radius 1 is 1.26 bits per heavy atom. The van der Waals surface area contributed by atoms with E-state index in [4.69, 9.17) is 0 Å². The van der Waals surface area contributed by atoms with Crippen LogP contribution >= 0.6 is 0 Å². The van der Waals surface area contributed by atoms with Crippen molar-refractivity contribution in [3.05, 3.63) is 23.8 Å². The van der Waals surface area contributed by atoms with Gasteiger partial charge in [0.25, 0.3) is 0 Å². The largest absolute Gasteiger partial charge is 0.290 e. The van der Waals surface area contributed by atoms with Crippen molar-refractivity contribution in [2.24, 2.45) is 5.92 Å². The van der Waals surface area contributed by atoms with E-state index < -0.39 is 9.84 Å². The first-order valence-electron chi connectivity index (χ1n) is 6.55. The van der Waals surface area contributed by atoms with Gasteiger partial charge < -0.3 is 0 Å². The van der Waals surface area contributed by atoms with Gasteiger partial charge in [0.05, 0.1) is 10.5 Å². The molecule has 19 heavy (non-hydrogen) atoms. The molecule has 0 amide bonds. The standard InChI is InChI=1S/C13H16N2O3S/c1-8-4-5-14-13(15-8)12(16)9-6-10-2-3-11(7-9)19(10,17)18/h4-5,9-11H,2-3,6-7H2,1H3. The molecule has 0 radical (unpaired) electrons. The quantitative estimate of drug-likeness (QED) is 0.764. The molecule has 2 bridgehead atoms. The monoisotopic (exact) mass is 280 g/mol. The van der Waals surface area contributed by atoms with Crippen molar-refractivity contribution in [3.8, 4) is 0 Å². The van der Waals surface area contributed by atoms with Crippen molar-refractivity contribution in [2.45, 2.75) is 43.1 Å². The number of carbonyl (C=O) groups is 1. The smallest absolute Gasteiger partial charge is 0.203 e. The Bertz CT molecular complexity index is 607. The Kier molecular flexibility index (Phi) is 2.92. The summed E-state index contributed by atoms with van der Waals surface area (Å²) in [6, 6.07) is 1.74. The zero-order valence-corrected chi connectivity index (χ0v) is 11.6. The third-order valence-electron chi connectivity index (χ3n) is 4.22. The van der Waals surface area contributed by atoms with Crippen LogP contribution in [0.3, 0.4) is 0 Å². The van der Waals surface area contributed by atoms with Crippen LogP contribution in [-0.4, -0.2) is 34.7 Å². The third kappa shape index (κ3) is 2.08. The number of aryl methyl sites for hydroxylation is 1. The summed E-state index contributed by atoms with van der Waals surface area (Å²) in [5.41, 5.74) is 0.754. The summed E-state index contributed by atoms with van der Waals surface area (Å²) in [5, 5.41) is -0.657. The van der Waals surface area contributed by atoms with Gasteiger partial charge in [0.15, 0.2) is 15.7 Å². The molecule has 2 unspecified atom stereocenters. The SMILES string of the molecule is Cc1ccnc(C(=O)C2CC3CCC(C2)S3(=O)=O)n1. The highest BCUT2D eigenvalue weighted by molar-refractivity contribution is 7.93. The fraction of sp³-hybridized carbons (Fsp3) is 0.615. The minimum atomic E-state index is -2.98. The summed E-state index contributed by atoms with van der Waals surface area (Å²) < 4.78 is 24.0. The second-order valence-corrected chi connectivity index (χ2v) is 7.98. The van der Waals surface area contributed by atoms with Crippen molar-refractivity contribution in [1.82, 2.24) is 9.97 Å². The van der Waals surface area contributed by atoms with E-state index in [2.05, 4.69) is 9.97 Å². The maximum Gasteiger partial charge on any atom is 0.203 e. The lowest BCUT2D eigenvalue weighted by molar-refractivity contribution is 0.0894. The Morgan fingerprint density at radius 2 is 1.89 bits per heavy atom. The second kappa shape index (κ2) is 4.37. The van der Waals surface area contributed by atoms with Crippen LogP contribution in [0.1, 0.15) is 42.0 Å². The maximum atomic E-state index is 12.4. The van der Waals surface area contributed by atoms with E-state index in [1.54, 1.807) is 12.3 Å². The topological polar surface area (TPSA) is 77.0 Å². The average Bonchev–Trinajstić information content (AvgIpc) is 2.58. The molecular weight excluding hydrogens is 264 g/mol. The summed E-state index contributed by atoms with van der Waals surface area (Å²) >= 11 is 0. The van der Waals surface area contributed by atoms with Crippen LogP contribution in [-0.2, 0) is 9.84 Å². The van der Waals surface area contributed by atoms with E-state index in [0.717, 1.165) is 5.69 Å². The average molecular weight is 280 g/mol. The molecule has 0 aromatic carbocycles. The predicted molar refractivity (Wildman–Crippen MR) is 69.6 cm³/mol. The molecule has 0 aliphatic carbocycles. The molecule has 2 fully saturated rings. The molecule has 6 heteroatoms. The van der Waals surface area contributed by atoms with Gasteiger partial charge in [-0.3, -0.25) is 4.79 Å². The van der Waals surface area contributed by atoms with E-state index in [1.165, 1.54) is 0 Å². The lowest BCUT2D eigenvalue weighted by atomic mass is 9.94. The van der Waals surface area contributed by atoms with Crippen molar-refractivity contribution in [1.29, 1.82) is 0 Å². The molecule has 2 aliphatic rings. The summed E-state index contributed by atoms with van der Waals surface area (Å²) in [6.07, 6.45) is 3.85. The zero-order chi connectivity index (χ0) is 13.6. The first-order chi connectivity index (χ1) is 8.98. The number of aromatic nitrogens is 2. The normalized spacial score (nSPS) is 32.2. The maximum absolute atomic E-state index is 12.4. The Hall–Kier alpha value is -1.30. The summed E-state index contributed by atoms with van der Waals surface area (Å²) in [5.74, 6) is -0.109. The Balaban J connectivity index is 1.84. The van der Waals surface area contributed by atoms with Crippen LogP contribution in [0.5, 0.6) is 0 Å². The number of hydrogen-bond donors (Lipinski definition) is 0. The molecule has 0 saturated carbocycles. The fourth-order valence-electron chi connectivity index (χ4n) is 3.17. The molecule has 2 atom stereocenters. The van der Waals surface area contributed by atoms with Gasteiger partial charge >= 0.3 is 0 Å². The van der Waals surface area contributed by atoms with E-state index in [9.17, 15) is 13.2 Å². The highest BCUT2D eigenvalue weighted by Crippen LogP contribution is 2.41. The predicted octanol–water partition coefficient (Wildman–Crippen LogP) is 1.32. The number of ketones is 1. The number of sulfone groups is 1. The second-order valence-electron chi connectivity index (χ2n) is 5.46. The highest BCUT2D eigenvalue weighted by Gasteiger charge is 2.48. The van der Waals surface area contributed by atoms with E-state index in [1.807, 2.05) is 6.92 Å². The number of rotatable bonds is 2. The van der Waals surface area contributed by atoms with E-state index in [-0.39, 0.29) is 28.0 Å². The molecule has 3 rings (SSSR count). The molecule has 1 aromatic rings. The van der Waals surface area contributed by atoms with Gasteiger partial charge in [0.2, 0.25) is 5.78 Å². The first kappa shape index (κ1) is 12.7. The van der Waals surface area contributed by atoms with Crippen LogP contribution < -0.4 is 0 Å². The fourth-order valence-corrected chi connectivity index (χ4v) is 5.65. The molecule has 0 N–H and O–H groups in total. The Morgan fingerprint density at radius 3 is 2.47 bits per heavy atom. The molecule has 2 saturated heterocycles. The zero-order valence-electron chi connectivity index (χ0n) is 10.7. The number of carbonyl (C=O) groups excluding carboxylic acids is 1. The lowest BCUT2D eigenvalue weighted by Gasteiger charge is -2.26. The van der Waals surface area contributed by atoms with Crippen LogP contribution in [0.2, 0.25) is 0 Å². The molecular formula is C13H16N2O3S. The van der Waals surface area contributed by atoms with Crippen molar-refractivity contribution < 1.29 is 13.2 Å². The van der Waals surface area contributed by atoms with E-state index >= 15 is 0 Å². The van der Waals surface area contributed by atoms with E-state index in [0.29, 0.717) is 25.7 Å². The first-order valence-corrected chi connectivity index (χ1v) is 8.16. The molecule has 102 valence electrons. The molecule has 1 aromatic heterocycles. The van der Waals surface area contributed by atoms with Gasteiger partial charge in [-0.25, -0.2) is 18.4 Å². The van der Waals surface area contributed by atoms with Gasteiger partial charge in [-0.2, -0.15) is 0 Å². The number of nitrogens with zero attached hydrogens (tertiary/aromatic N) is 2. The van der Waals surface area contributed by atoms with Crippen molar-refractivity contribution in [2.75, 3.05) is 0 Å². The lowest BCUT2D eigenvalue weighted by Crippen LogP contribution is -2.36. The summed E-state index contributed by atoms with van der Waals surface area (Å²) in [6.45, 7) is 1.81. The van der Waals surface area contributed by atoms with Crippen LogP contribution in [0, 0.1) is 12.8 Å². The van der Waals surface area contributed by atoms with Gasteiger partial charge in [-0.1, -0.05) is 0 Å². The number of hydrogen-bond acceptors (Lipinski definition) is 5. The summed E-state index contributed by atoms with van der Waals surface area (Å²) in [7, 11) is -2.98. The van der Waals surface area contributed by atoms with Crippen molar-refractivity contribution in [3.63, 3.8) is 0 Å². The minimum Gasteiger partial charge on any atom is -0.290 e. The molecule has 3 heterocycles. The molecule has 0 spiro atoms. The highest BCUT2D eigenvalue weighted by atomic mass is 32.2. The third-order valence-corrected chi connectivity index (χ3v) is 6.94. The molecule has 2 aliphatic heterocycles. The number of fused-ring (bicyclic) bond motifs is 2. The van der Waals surface area contributed by atoms with Crippen LogP contribution in [0.4, 0.5) is 0 Å². The number of Topliss-reactive ketones (excluding diaryl/α,β-unsaturated/α-hetero) is 1. The molecule has 5 nitrogen and oxygen atoms in total.